The molecule has 5 nitrogen and oxygen atoms in total. The molecule has 0 saturated heterocycles. The second kappa shape index (κ2) is 7.76. The van der Waals surface area contributed by atoms with Crippen molar-refractivity contribution in [3.8, 4) is 0 Å². The predicted octanol–water partition coefficient (Wildman–Crippen LogP) is 4.36. The van der Waals surface area contributed by atoms with E-state index in [1.54, 1.807) is 11.0 Å². The van der Waals surface area contributed by atoms with Gasteiger partial charge in [-0.15, -0.1) is 0 Å². The van der Waals surface area contributed by atoms with Crippen molar-refractivity contribution in [3.63, 3.8) is 0 Å². The number of hydrogen-bond acceptors (Lipinski definition) is 4. The molecule has 0 bridgehead atoms. The molecule has 1 amide bonds. The average molecular weight is 455 g/mol. The molecule has 1 aliphatic rings. The van der Waals surface area contributed by atoms with Crippen LogP contribution in [0, 0.1) is 6.92 Å². The average Bonchev–Trinajstić information content (AvgIpc) is 2.95. The minimum atomic E-state index is -0.436. The largest absolute Gasteiger partial charge is 0.450 e. The molecule has 29 heavy (non-hydrogen) atoms. The molecule has 0 aliphatic carbocycles. The van der Waals surface area contributed by atoms with E-state index in [2.05, 4.69) is 20.8 Å². The number of carbonyl (C=O) groups excluding carboxylic acids is 1. The Morgan fingerprint density at radius 2 is 1.83 bits per heavy atom. The van der Waals surface area contributed by atoms with Crippen molar-refractivity contribution < 1.29 is 9.21 Å². The van der Waals surface area contributed by atoms with Gasteiger partial charge in [0.1, 0.15) is 5.58 Å². The summed E-state index contributed by atoms with van der Waals surface area (Å²) in [4.78, 5) is 30.6. The number of fused-ring (bicyclic) bond motifs is 2. The lowest BCUT2D eigenvalue weighted by Gasteiger charge is -2.25. The van der Waals surface area contributed by atoms with Crippen LogP contribution >= 0.6 is 15.9 Å². The highest BCUT2D eigenvalue weighted by molar-refractivity contribution is 9.10. The number of aryl methyl sites for hydroxylation is 1. The second-order valence-electron chi connectivity index (χ2n) is 7.78. The van der Waals surface area contributed by atoms with E-state index in [-0.39, 0.29) is 17.1 Å². The van der Waals surface area contributed by atoms with Gasteiger partial charge in [-0.2, -0.15) is 0 Å². The summed E-state index contributed by atoms with van der Waals surface area (Å²) in [6.45, 7) is 3.35. The maximum atomic E-state index is 13.4. The van der Waals surface area contributed by atoms with Crippen LogP contribution in [-0.2, 0) is 0 Å². The Hall–Kier alpha value is -2.44. The number of nitrogens with zero attached hydrogens (tertiary/aromatic N) is 2. The number of halogens is 1. The molecule has 1 aliphatic heterocycles. The summed E-state index contributed by atoms with van der Waals surface area (Å²) in [6.07, 6.45) is 0.812. The Labute approximate surface area is 178 Å². The molecule has 1 atom stereocenters. The van der Waals surface area contributed by atoms with Crippen molar-refractivity contribution in [2.75, 3.05) is 27.2 Å². The Morgan fingerprint density at radius 3 is 2.52 bits per heavy atom. The first kappa shape index (κ1) is 19.9. The van der Waals surface area contributed by atoms with Crippen LogP contribution in [0.15, 0.2) is 56.1 Å². The van der Waals surface area contributed by atoms with Crippen molar-refractivity contribution in [1.29, 1.82) is 0 Å². The summed E-state index contributed by atoms with van der Waals surface area (Å²) in [7, 11) is 4.01. The van der Waals surface area contributed by atoms with E-state index in [0.29, 0.717) is 23.1 Å². The van der Waals surface area contributed by atoms with Gasteiger partial charge in [0.25, 0.3) is 5.91 Å². The Morgan fingerprint density at radius 1 is 1.10 bits per heavy atom. The molecule has 0 unspecified atom stereocenters. The highest BCUT2D eigenvalue weighted by Gasteiger charge is 2.42. The van der Waals surface area contributed by atoms with E-state index >= 15 is 0 Å². The second-order valence-corrected chi connectivity index (χ2v) is 8.70. The van der Waals surface area contributed by atoms with Crippen LogP contribution < -0.4 is 5.43 Å². The summed E-state index contributed by atoms with van der Waals surface area (Å²) in [5.74, 6) is -0.0459. The number of rotatable bonds is 5. The van der Waals surface area contributed by atoms with Crippen LogP contribution in [0.4, 0.5) is 0 Å². The number of carbonyl (C=O) groups is 1. The highest BCUT2D eigenvalue weighted by Crippen LogP contribution is 2.38. The lowest BCUT2D eigenvalue weighted by atomic mass is 9.98. The van der Waals surface area contributed by atoms with E-state index in [1.165, 1.54) is 0 Å². The smallest absolute Gasteiger partial charge is 0.290 e. The molecule has 6 heteroatoms. The summed E-state index contributed by atoms with van der Waals surface area (Å²) in [5, 5.41) is 0.522. The maximum absolute atomic E-state index is 13.4. The molecule has 0 fully saturated rings. The first-order chi connectivity index (χ1) is 13.9. The molecular formula is C23H23BrN2O3. The SMILES string of the molecule is Cc1ccc2oc3c(c(=O)c2c1)[C@H](c1ccc(Br)cc1)N(CCCN(C)C)C3=O. The maximum Gasteiger partial charge on any atom is 0.290 e. The van der Waals surface area contributed by atoms with Crippen LogP contribution in [0.3, 0.4) is 0 Å². The third-order valence-electron chi connectivity index (χ3n) is 5.31. The molecule has 0 saturated carbocycles. The Balaban J connectivity index is 1.88. The van der Waals surface area contributed by atoms with E-state index in [9.17, 15) is 9.59 Å². The van der Waals surface area contributed by atoms with Gasteiger partial charge >= 0.3 is 0 Å². The van der Waals surface area contributed by atoms with Gasteiger partial charge in [-0.25, -0.2) is 0 Å². The van der Waals surface area contributed by atoms with Crippen LogP contribution in [0.1, 0.15) is 39.7 Å². The molecule has 2 heterocycles. The molecule has 3 aromatic rings. The third-order valence-corrected chi connectivity index (χ3v) is 5.84. The molecule has 4 rings (SSSR count). The monoisotopic (exact) mass is 454 g/mol. The Kier molecular flexibility index (Phi) is 5.32. The van der Waals surface area contributed by atoms with Crippen LogP contribution in [0.25, 0.3) is 11.0 Å². The van der Waals surface area contributed by atoms with E-state index in [4.69, 9.17) is 4.42 Å². The molecular weight excluding hydrogens is 432 g/mol. The fourth-order valence-corrected chi connectivity index (χ4v) is 4.18. The van der Waals surface area contributed by atoms with Crippen molar-refractivity contribution in [2.24, 2.45) is 0 Å². The molecule has 0 radical (unpaired) electrons. The van der Waals surface area contributed by atoms with Crippen LogP contribution in [0.5, 0.6) is 0 Å². The minimum Gasteiger partial charge on any atom is -0.450 e. The summed E-state index contributed by atoms with van der Waals surface area (Å²) < 4.78 is 6.92. The van der Waals surface area contributed by atoms with Gasteiger partial charge in [0.05, 0.1) is 17.0 Å². The van der Waals surface area contributed by atoms with Gasteiger partial charge in [-0.3, -0.25) is 9.59 Å². The normalized spacial score (nSPS) is 16.1. The third kappa shape index (κ3) is 3.63. The summed E-state index contributed by atoms with van der Waals surface area (Å²) >= 11 is 3.46. The van der Waals surface area contributed by atoms with E-state index in [1.807, 2.05) is 57.4 Å². The fourth-order valence-electron chi connectivity index (χ4n) is 3.91. The van der Waals surface area contributed by atoms with Gasteiger partial charge in [0, 0.05) is 11.0 Å². The topological polar surface area (TPSA) is 53.8 Å². The minimum absolute atomic E-state index is 0.124. The lowest BCUT2D eigenvalue weighted by molar-refractivity contribution is 0.0722. The van der Waals surface area contributed by atoms with Crippen molar-refractivity contribution in [2.45, 2.75) is 19.4 Å². The van der Waals surface area contributed by atoms with Crippen LogP contribution in [-0.4, -0.2) is 42.9 Å². The highest BCUT2D eigenvalue weighted by atomic mass is 79.9. The molecule has 150 valence electrons. The number of amides is 1. The van der Waals surface area contributed by atoms with Gasteiger partial charge in [-0.1, -0.05) is 39.7 Å². The predicted molar refractivity (Wildman–Crippen MR) is 117 cm³/mol. The quantitative estimate of drug-likeness (QED) is 0.574. The van der Waals surface area contributed by atoms with E-state index in [0.717, 1.165) is 28.6 Å². The first-order valence-electron chi connectivity index (χ1n) is 9.65. The lowest BCUT2D eigenvalue weighted by Crippen LogP contribution is -2.32. The first-order valence-corrected chi connectivity index (χ1v) is 10.4. The zero-order chi connectivity index (χ0) is 20.7. The molecule has 1 aromatic heterocycles. The van der Waals surface area contributed by atoms with Crippen molar-refractivity contribution in [3.05, 3.63) is 79.6 Å². The summed E-state index contributed by atoms with van der Waals surface area (Å²) in [6, 6.07) is 12.8. The fraction of sp³-hybridized carbons (Fsp3) is 0.304. The molecule has 0 N–H and O–H groups in total. The van der Waals surface area contributed by atoms with Gasteiger partial charge < -0.3 is 14.2 Å². The standard InChI is InChI=1S/C23H23BrN2O3/c1-14-5-10-18-17(13-14)21(27)19-20(15-6-8-16(24)9-7-15)26(12-4-11-25(2)3)23(28)22(19)29-18/h5-10,13,20H,4,11-12H2,1-3H3/t20-/m0/s1. The molecule has 0 spiro atoms. The van der Waals surface area contributed by atoms with Crippen LogP contribution in [0.2, 0.25) is 0 Å². The van der Waals surface area contributed by atoms with Crippen molar-refractivity contribution >= 4 is 32.8 Å². The summed E-state index contributed by atoms with van der Waals surface area (Å²) in [5.41, 5.74) is 2.67. The zero-order valence-corrected chi connectivity index (χ0v) is 18.3. The Bertz CT molecular complexity index is 1140. The van der Waals surface area contributed by atoms with Crippen molar-refractivity contribution in [1.82, 2.24) is 9.80 Å². The van der Waals surface area contributed by atoms with Gasteiger partial charge in [0.15, 0.2) is 5.43 Å². The number of benzene rings is 2. The zero-order valence-electron chi connectivity index (χ0n) is 16.7. The number of hydrogen-bond donors (Lipinski definition) is 0. The van der Waals surface area contributed by atoms with Gasteiger partial charge in [0.2, 0.25) is 5.76 Å². The van der Waals surface area contributed by atoms with E-state index < -0.39 is 6.04 Å². The van der Waals surface area contributed by atoms with Gasteiger partial charge in [-0.05, 0) is 63.8 Å². The molecule has 2 aromatic carbocycles.